The Balaban J connectivity index is 1.74. The van der Waals surface area contributed by atoms with Gasteiger partial charge in [-0.3, -0.25) is 14.9 Å². The van der Waals surface area contributed by atoms with Crippen molar-refractivity contribution < 1.29 is 27.6 Å². The monoisotopic (exact) mass is 484 g/mol. The number of ether oxygens (including phenoxy) is 2. The van der Waals surface area contributed by atoms with Crippen LogP contribution in [0.4, 0.5) is 5.69 Å². The van der Waals surface area contributed by atoms with Crippen molar-refractivity contribution in [1.82, 2.24) is 4.83 Å². The summed E-state index contributed by atoms with van der Waals surface area (Å²) in [5.74, 6) is 0.205. The van der Waals surface area contributed by atoms with E-state index in [2.05, 4.69) is 9.93 Å². The Kier molecular flexibility index (Phi) is 7.43. The minimum atomic E-state index is -4.02. The van der Waals surface area contributed by atoms with Crippen molar-refractivity contribution >= 4 is 27.8 Å². The Bertz CT molecular complexity index is 1340. The molecule has 0 heterocycles. The average Bonchev–Trinajstić information content (AvgIpc) is 2.83. The van der Waals surface area contributed by atoms with Crippen LogP contribution < -0.4 is 20.0 Å². The summed E-state index contributed by atoms with van der Waals surface area (Å²) in [7, 11) is -2.53. The van der Waals surface area contributed by atoms with Crippen molar-refractivity contribution in [2.75, 3.05) is 7.11 Å². The number of hydrogen-bond donors (Lipinski definition) is 2. The Labute approximate surface area is 195 Å². The highest BCUT2D eigenvalue weighted by Gasteiger charge is 2.15. The second kappa shape index (κ2) is 10.4. The van der Waals surface area contributed by atoms with Crippen molar-refractivity contribution in [3.8, 4) is 11.5 Å². The Morgan fingerprint density at radius 2 is 1.82 bits per heavy atom. The molecule has 0 spiro atoms. The molecule has 0 bridgehead atoms. The number of primary amides is 1. The molecule has 0 saturated carbocycles. The number of nitrogens with zero attached hydrogens (tertiary/aromatic N) is 2. The van der Waals surface area contributed by atoms with E-state index in [-0.39, 0.29) is 22.8 Å². The summed E-state index contributed by atoms with van der Waals surface area (Å²) < 4.78 is 35.8. The van der Waals surface area contributed by atoms with Crippen LogP contribution in [0.1, 0.15) is 21.5 Å². The van der Waals surface area contributed by atoms with Gasteiger partial charge in [-0.25, -0.2) is 4.83 Å². The zero-order chi connectivity index (χ0) is 24.7. The second-order valence-corrected chi connectivity index (χ2v) is 8.49. The number of hydrazone groups is 1. The number of hydrogen-bond acceptors (Lipinski definition) is 8. The lowest BCUT2D eigenvalue weighted by atomic mass is 10.1. The maximum Gasteiger partial charge on any atom is 0.276 e. The standard InChI is InChI=1S/C22H20N4O7S/c1-32-20-11-6-15(12-16(20)14-33-21-5-3-2-4-19(21)22(23)27)13-24-25-34(30,31)18-9-7-17(8-10-18)26(28)29/h2-13,25H,14H2,1H3,(H2,23,27)/b24-13+. The third kappa shape index (κ3) is 5.86. The molecule has 3 rings (SSSR count). The largest absolute Gasteiger partial charge is 0.496 e. The van der Waals surface area contributed by atoms with Gasteiger partial charge in [0.05, 0.1) is 28.7 Å². The normalized spacial score (nSPS) is 11.2. The topological polar surface area (TPSA) is 163 Å². The van der Waals surface area contributed by atoms with E-state index in [1.807, 2.05) is 0 Å². The van der Waals surface area contributed by atoms with Gasteiger partial charge in [-0.05, 0) is 48.0 Å². The number of rotatable bonds is 10. The summed E-state index contributed by atoms with van der Waals surface area (Å²) in [5.41, 5.74) is 6.53. The van der Waals surface area contributed by atoms with Crippen molar-refractivity contribution in [1.29, 1.82) is 0 Å². The molecule has 12 heteroatoms. The zero-order valence-electron chi connectivity index (χ0n) is 17.9. The number of nitrogens with two attached hydrogens (primary N) is 1. The Morgan fingerprint density at radius 1 is 1.12 bits per heavy atom. The Hall–Kier alpha value is -4.45. The predicted molar refractivity (Wildman–Crippen MR) is 123 cm³/mol. The van der Waals surface area contributed by atoms with Gasteiger partial charge < -0.3 is 15.2 Å². The number of carbonyl (C=O) groups excluding carboxylic acids is 1. The van der Waals surface area contributed by atoms with Crippen molar-refractivity contribution in [3.05, 3.63) is 93.5 Å². The third-order valence-corrected chi connectivity index (χ3v) is 5.82. The smallest absolute Gasteiger partial charge is 0.276 e. The van der Waals surface area contributed by atoms with E-state index in [1.165, 1.54) is 13.3 Å². The van der Waals surface area contributed by atoms with Gasteiger partial charge in [-0.2, -0.15) is 13.5 Å². The maximum atomic E-state index is 12.3. The van der Waals surface area contributed by atoms with Crippen molar-refractivity contribution in [2.24, 2.45) is 10.8 Å². The van der Waals surface area contributed by atoms with E-state index in [4.69, 9.17) is 15.2 Å². The van der Waals surface area contributed by atoms with Gasteiger partial charge in [0.2, 0.25) is 0 Å². The SMILES string of the molecule is COc1ccc(/C=N/NS(=O)(=O)c2ccc([N+](=O)[O-])cc2)cc1COc1ccccc1C(N)=O. The van der Waals surface area contributed by atoms with Crippen LogP contribution in [-0.4, -0.2) is 32.6 Å². The number of amides is 1. The Morgan fingerprint density at radius 3 is 2.47 bits per heavy atom. The number of methoxy groups -OCH3 is 1. The molecule has 0 radical (unpaired) electrons. The molecule has 0 atom stereocenters. The number of para-hydroxylation sites is 1. The molecule has 0 aliphatic heterocycles. The molecule has 3 aromatic carbocycles. The lowest BCUT2D eigenvalue weighted by molar-refractivity contribution is -0.384. The third-order valence-electron chi connectivity index (χ3n) is 4.58. The summed E-state index contributed by atoms with van der Waals surface area (Å²) >= 11 is 0. The number of nitro groups is 1. The first-order chi connectivity index (χ1) is 16.2. The number of nitrogens with one attached hydrogen (secondary N) is 1. The van der Waals surface area contributed by atoms with E-state index in [9.17, 15) is 23.3 Å². The van der Waals surface area contributed by atoms with Gasteiger partial charge in [0, 0.05) is 17.7 Å². The lowest BCUT2D eigenvalue weighted by Crippen LogP contribution is -2.18. The van der Waals surface area contributed by atoms with E-state index in [0.717, 1.165) is 24.3 Å². The fourth-order valence-electron chi connectivity index (χ4n) is 2.91. The van der Waals surface area contributed by atoms with Crippen LogP contribution in [0, 0.1) is 10.1 Å². The van der Waals surface area contributed by atoms with E-state index in [0.29, 0.717) is 22.6 Å². The summed E-state index contributed by atoms with van der Waals surface area (Å²) in [5, 5.41) is 14.5. The molecule has 11 nitrogen and oxygen atoms in total. The first kappa shape index (κ1) is 24.2. The minimum Gasteiger partial charge on any atom is -0.496 e. The average molecular weight is 484 g/mol. The summed E-state index contributed by atoms with van der Waals surface area (Å²) in [4.78, 5) is 23.5. The maximum absolute atomic E-state index is 12.3. The molecular formula is C22H20N4O7S. The van der Waals surface area contributed by atoms with Gasteiger partial charge in [-0.1, -0.05) is 12.1 Å². The van der Waals surface area contributed by atoms with Crippen molar-refractivity contribution in [3.63, 3.8) is 0 Å². The van der Waals surface area contributed by atoms with Gasteiger partial charge in [0.1, 0.15) is 18.1 Å². The fraction of sp³-hybridized carbons (Fsp3) is 0.0909. The first-order valence-electron chi connectivity index (χ1n) is 9.69. The molecule has 3 N–H and O–H groups in total. The highest BCUT2D eigenvalue weighted by molar-refractivity contribution is 7.89. The van der Waals surface area contributed by atoms with E-state index >= 15 is 0 Å². The van der Waals surface area contributed by atoms with Crippen LogP contribution >= 0.6 is 0 Å². The highest BCUT2D eigenvalue weighted by atomic mass is 32.2. The molecule has 1 amide bonds. The molecule has 0 aliphatic carbocycles. The van der Waals surface area contributed by atoms with Gasteiger partial charge >= 0.3 is 0 Å². The van der Waals surface area contributed by atoms with Crippen LogP contribution in [0.5, 0.6) is 11.5 Å². The second-order valence-electron chi connectivity index (χ2n) is 6.82. The summed E-state index contributed by atoms with van der Waals surface area (Å²) in [6, 6.07) is 15.9. The molecule has 34 heavy (non-hydrogen) atoms. The highest BCUT2D eigenvalue weighted by Crippen LogP contribution is 2.24. The molecule has 3 aromatic rings. The molecule has 0 fully saturated rings. The number of nitro benzene ring substituents is 1. The molecule has 0 aromatic heterocycles. The van der Waals surface area contributed by atoms with Crippen LogP contribution in [0.2, 0.25) is 0 Å². The first-order valence-corrected chi connectivity index (χ1v) is 11.2. The lowest BCUT2D eigenvalue weighted by Gasteiger charge is -2.13. The molecule has 0 saturated heterocycles. The fourth-order valence-corrected chi connectivity index (χ4v) is 3.70. The van der Waals surface area contributed by atoms with E-state index < -0.39 is 20.9 Å². The van der Waals surface area contributed by atoms with Crippen LogP contribution in [0.25, 0.3) is 0 Å². The molecular weight excluding hydrogens is 464 g/mol. The van der Waals surface area contributed by atoms with Crippen LogP contribution in [0.15, 0.2) is 76.7 Å². The van der Waals surface area contributed by atoms with Gasteiger partial charge in [0.25, 0.3) is 21.6 Å². The quantitative estimate of drug-likeness (QED) is 0.254. The van der Waals surface area contributed by atoms with Crippen LogP contribution in [0.3, 0.4) is 0 Å². The summed E-state index contributed by atoms with van der Waals surface area (Å²) in [6.45, 7) is 0.0453. The minimum absolute atomic E-state index is 0.0453. The molecule has 0 aliphatic rings. The molecule has 176 valence electrons. The number of benzene rings is 3. The van der Waals surface area contributed by atoms with Crippen LogP contribution in [-0.2, 0) is 16.6 Å². The van der Waals surface area contributed by atoms with E-state index in [1.54, 1.807) is 42.5 Å². The van der Waals surface area contributed by atoms with Gasteiger partial charge in [-0.15, -0.1) is 0 Å². The zero-order valence-corrected chi connectivity index (χ0v) is 18.7. The van der Waals surface area contributed by atoms with Gasteiger partial charge in [0.15, 0.2) is 0 Å². The number of carbonyl (C=O) groups is 1. The molecule has 0 unspecified atom stereocenters. The summed E-state index contributed by atoms with van der Waals surface area (Å²) in [6.07, 6.45) is 1.28. The number of sulfonamides is 1. The number of non-ortho nitro benzene ring substituents is 1. The predicted octanol–water partition coefficient (Wildman–Crippen LogP) is 2.59. The van der Waals surface area contributed by atoms with Crippen molar-refractivity contribution in [2.45, 2.75) is 11.5 Å².